The highest BCUT2D eigenvalue weighted by Crippen LogP contribution is 2.39. The zero-order valence-corrected chi connectivity index (χ0v) is 20.1. The predicted molar refractivity (Wildman–Crippen MR) is 132 cm³/mol. The summed E-state index contributed by atoms with van der Waals surface area (Å²) in [4.78, 5) is 20.0. The molecule has 1 amide bonds. The van der Waals surface area contributed by atoms with E-state index in [1.165, 1.54) is 11.1 Å². The number of likely N-dealkylation sites (tertiary alicyclic amines) is 1. The number of fused-ring (bicyclic) bond motifs is 1. The average Bonchev–Trinajstić information content (AvgIpc) is 3.30. The molecule has 2 heterocycles. The van der Waals surface area contributed by atoms with E-state index in [0.717, 1.165) is 72.7 Å². The van der Waals surface area contributed by atoms with E-state index < -0.39 is 0 Å². The fraction of sp³-hybridized carbons (Fsp3) is 0.357. The Morgan fingerprint density at radius 3 is 2.71 bits per heavy atom. The molecule has 1 saturated heterocycles. The van der Waals surface area contributed by atoms with E-state index in [1.54, 1.807) is 20.5 Å². The van der Waals surface area contributed by atoms with Crippen LogP contribution >= 0.6 is 0 Å². The van der Waals surface area contributed by atoms with Gasteiger partial charge in [0.15, 0.2) is 0 Å². The van der Waals surface area contributed by atoms with Gasteiger partial charge in [0.05, 0.1) is 38.0 Å². The average molecular weight is 458 g/mol. The number of piperidine rings is 1. The van der Waals surface area contributed by atoms with Crippen molar-refractivity contribution in [2.45, 2.75) is 45.1 Å². The molecule has 6 heteroatoms. The van der Waals surface area contributed by atoms with Crippen LogP contribution in [0.5, 0.6) is 11.5 Å². The van der Waals surface area contributed by atoms with E-state index in [9.17, 15) is 4.79 Å². The van der Waals surface area contributed by atoms with Crippen LogP contribution in [0, 0.1) is 6.92 Å². The molecule has 176 valence electrons. The highest BCUT2D eigenvalue weighted by atomic mass is 16.5. The molecule has 0 N–H and O–H groups in total. The molecule has 0 unspecified atom stereocenters. The van der Waals surface area contributed by atoms with Gasteiger partial charge in [-0.1, -0.05) is 12.1 Å². The summed E-state index contributed by atoms with van der Waals surface area (Å²) in [5, 5.41) is 0. The molecular formula is C28H31N3O3. The summed E-state index contributed by atoms with van der Waals surface area (Å²) in [6.07, 6.45) is 10.7. The van der Waals surface area contributed by atoms with Crippen molar-refractivity contribution >= 4 is 12.0 Å². The van der Waals surface area contributed by atoms with E-state index in [1.807, 2.05) is 48.0 Å². The Morgan fingerprint density at radius 1 is 1.06 bits per heavy atom. The molecule has 6 nitrogen and oxygen atoms in total. The standard InChI is InChI=1S/C28H31N3O3/c1-19-17-30(18-29-19)26-12-9-20(15-27(26)34-3)14-22-7-5-13-31(28(22)32)25-8-4-6-21-10-11-23(33-2)16-24(21)25/h9-12,14-18,25H,4-8,13H2,1-3H3/b22-14+/t25-/m0/s1. The van der Waals surface area contributed by atoms with Gasteiger partial charge >= 0.3 is 0 Å². The molecule has 5 rings (SSSR count). The second-order valence-electron chi connectivity index (χ2n) is 9.10. The molecule has 0 saturated carbocycles. The Bertz CT molecular complexity index is 1240. The van der Waals surface area contributed by atoms with Gasteiger partial charge in [-0.15, -0.1) is 0 Å². The second-order valence-corrected chi connectivity index (χ2v) is 9.10. The minimum Gasteiger partial charge on any atom is -0.497 e. The molecule has 1 aliphatic carbocycles. The third-order valence-electron chi connectivity index (χ3n) is 6.93. The normalized spacial score (nSPS) is 19.3. The molecule has 1 aromatic heterocycles. The fourth-order valence-corrected chi connectivity index (χ4v) is 5.22. The zero-order chi connectivity index (χ0) is 23.7. The quantitative estimate of drug-likeness (QED) is 0.489. The number of hydrogen-bond acceptors (Lipinski definition) is 4. The molecule has 0 bridgehead atoms. The molecule has 3 aromatic rings. The van der Waals surface area contributed by atoms with Gasteiger partial charge in [0, 0.05) is 18.3 Å². The Balaban J connectivity index is 1.43. The van der Waals surface area contributed by atoms with Crippen LogP contribution in [-0.4, -0.2) is 41.1 Å². The summed E-state index contributed by atoms with van der Waals surface area (Å²) < 4.78 is 13.1. The van der Waals surface area contributed by atoms with Gasteiger partial charge in [0.1, 0.15) is 11.5 Å². The monoisotopic (exact) mass is 457 g/mol. The largest absolute Gasteiger partial charge is 0.497 e. The first-order chi connectivity index (χ1) is 16.6. The van der Waals surface area contributed by atoms with Crippen molar-refractivity contribution in [2.24, 2.45) is 0 Å². The van der Waals surface area contributed by atoms with Crippen LogP contribution in [0.3, 0.4) is 0 Å². The number of rotatable bonds is 5. The Kier molecular flexibility index (Phi) is 6.14. The molecule has 0 spiro atoms. The number of amides is 1. The third-order valence-corrected chi connectivity index (χ3v) is 6.93. The molecule has 2 aliphatic rings. The first-order valence-electron chi connectivity index (χ1n) is 11.9. The van der Waals surface area contributed by atoms with Crippen LogP contribution in [0.4, 0.5) is 0 Å². The minimum absolute atomic E-state index is 0.108. The van der Waals surface area contributed by atoms with E-state index in [2.05, 4.69) is 22.0 Å². The van der Waals surface area contributed by atoms with Crippen LogP contribution in [-0.2, 0) is 11.2 Å². The number of methoxy groups -OCH3 is 2. The summed E-state index contributed by atoms with van der Waals surface area (Å²) in [5.74, 6) is 1.74. The maximum absolute atomic E-state index is 13.6. The number of carbonyl (C=O) groups is 1. The summed E-state index contributed by atoms with van der Waals surface area (Å²) >= 11 is 0. The van der Waals surface area contributed by atoms with Gasteiger partial charge in [0.2, 0.25) is 5.91 Å². The Labute approximate surface area is 200 Å². The van der Waals surface area contributed by atoms with Crippen LogP contribution in [0.25, 0.3) is 11.8 Å². The maximum atomic E-state index is 13.6. The van der Waals surface area contributed by atoms with Crippen molar-refractivity contribution < 1.29 is 14.3 Å². The number of hydrogen-bond donors (Lipinski definition) is 0. The van der Waals surface area contributed by atoms with Crippen molar-refractivity contribution in [3.8, 4) is 17.2 Å². The van der Waals surface area contributed by atoms with E-state index in [-0.39, 0.29) is 11.9 Å². The van der Waals surface area contributed by atoms with Gasteiger partial charge < -0.3 is 18.9 Å². The van der Waals surface area contributed by atoms with Gasteiger partial charge in [-0.3, -0.25) is 4.79 Å². The van der Waals surface area contributed by atoms with Crippen LogP contribution in [0.2, 0.25) is 0 Å². The summed E-state index contributed by atoms with van der Waals surface area (Å²) in [5.41, 5.74) is 6.26. The lowest BCUT2D eigenvalue weighted by atomic mass is 9.85. The molecule has 34 heavy (non-hydrogen) atoms. The number of imidazole rings is 1. The highest BCUT2D eigenvalue weighted by Gasteiger charge is 2.33. The van der Waals surface area contributed by atoms with Crippen molar-refractivity contribution in [3.63, 3.8) is 0 Å². The SMILES string of the molecule is COc1ccc2c(c1)[C@@H](N1CCC/C(=C\c3ccc(-n4cnc(C)c4)c(OC)c3)C1=O)CCC2. The van der Waals surface area contributed by atoms with Crippen molar-refractivity contribution in [1.82, 2.24) is 14.5 Å². The predicted octanol–water partition coefficient (Wildman–Crippen LogP) is 5.28. The van der Waals surface area contributed by atoms with Crippen LogP contribution in [0.1, 0.15) is 54.1 Å². The molecule has 2 aromatic carbocycles. The first kappa shape index (κ1) is 22.3. The fourth-order valence-electron chi connectivity index (χ4n) is 5.22. The third kappa shape index (κ3) is 4.20. The number of ether oxygens (including phenoxy) is 2. The molecule has 1 fully saturated rings. The maximum Gasteiger partial charge on any atom is 0.250 e. The van der Waals surface area contributed by atoms with Crippen molar-refractivity contribution in [3.05, 3.63) is 76.9 Å². The number of benzene rings is 2. The lowest BCUT2D eigenvalue weighted by molar-refractivity contribution is -0.131. The van der Waals surface area contributed by atoms with E-state index in [0.29, 0.717) is 0 Å². The molecular weight excluding hydrogens is 426 g/mol. The number of nitrogens with zero attached hydrogens (tertiary/aromatic N) is 3. The Hall–Kier alpha value is -3.54. The summed E-state index contributed by atoms with van der Waals surface area (Å²) in [6, 6.07) is 12.4. The van der Waals surface area contributed by atoms with Gasteiger partial charge in [-0.2, -0.15) is 0 Å². The zero-order valence-electron chi connectivity index (χ0n) is 20.1. The number of carbonyl (C=O) groups excluding carboxylic acids is 1. The minimum atomic E-state index is 0.108. The van der Waals surface area contributed by atoms with Crippen molar-refractivity contribution in [2.75, 3.05) is 20.8 Å². The number of aryl methyl sites for hydroxylation is 2. The molecule has 1 aliphatic heterocycles. The molecule has 0 radical (unpaired) electrons. The van der Waals surface area contributed by atoms with Gasteiger partial charge in [-0.05, 0) is 86.1 Å². The molecule has 1 atom stereocenters. The van der Waals surface area contributed by atoms with Gasteiger partial charge in [-0.25, -0.2) is 4.98 Å². The summed E-state index contributed by atoms with van der Waals surface area (Å²) in [7, 11) is 3.36. The number of aromatic nitrogens is 2. The van der Waals surface area contributed by atoms with Crippen LogP contribution in [0.15, 0.2) is 54.5 Å². The second kappa shape index (κ2) is 9.37. The van der Waals surface area contributed by atoms with E-state index in [4.69, 9.17) is 9.47 Å². The lowest BCUT2D eigenvalue weighted by Gasteiger charge is -2.39. The van der Waals surface area contributed by atoms with Gasteiger partial charge in [0.25, 0.3) is 0 Å². The highest BCUT2D eigenvalue weighted by molar-refractivity contribution is 5.99. The topological polar surface area (TPSA) is 56.6 Å². The van der Waals surface area contributed by atoms with Crippen molar-refractivity contribution in [1.29, 1.82) is 0 Å². The van der Waals surface area contributed by atoms with Crippen LogP contribution < -0.4 is 9.47 Å². The van der Waals surface area contributed by atoms with E-state index >= 15 is 0 Å². The summed E-state index contributed by atoms with van der Waals surface area (Å²) in [6.45, 7) is 2.75. The smallest absolute Gasteiger partial charge is 0.250 e. The Morgan fingerprint density at radius 2 is 1.94 bits per heavy atom. The first-order valence-corrected chi connectivity index (χ1v) is 11.9. The lowest BCUT2D eigenvalue weighted by Crippen LogP contribution is -2.41.